The fourth-order valence-electron chi connectivity index (χ4n) is 0.661. The molecule has 7 nitrogen and oxygen atoms in total. The summed E-state index contributed by atoms with van der Waals surface area (Å²) >= 11 is 0. The van der Waals surface area contributed by atoms with Crippen LogP contribution in [0, 0.1) is 0 Å². The van der Waals surface area contributed by atoms with Crippen molar-refractivity contribution in [3.05, 3.63) is 11.8 Å². The summed E-state index contributed by atoms with van der Waals surface area (Å²) in [5.41, 5.74) is 16.1. The van der Waals surface area contributed by atoms with Crippen LogP contribution in [-0.2, 0) is 0 Å². The summed E-state index contributed by atoms with van der Waals surface area (Å²) in [5, 5.41) is 11.0. The lowest BCUT2D eigenvalue weighted by atomic mass is 10.3. The van der Waals surface area contributed by atoms with Crippen LogP contribution in [0.2, 0.25) is 0 Å². The number of amidine groups is 1. The minimum atomic E-state index is -0.146. The van der Waals surface area contributed by atoms with Crippen molar-refractivity contribution in [1.29, 1.82) is 0 Å². The Morgan fingerprint density at radius 2 is 2.17 bits per heavy atom. The van der Waals surface area contributed by atoms with E-state index in [-0.39, 0.29) is 23.2 Å². The summed E-state index contributed by atoms with van der Waals surface area (Å²) in [6.07, 6.45) is 1.28. The van der Waals surface area contributed by atoms with Crippen molar-refractivity contribution in [1.82, 2.24) is 9.97 Å². The van der Waals surface area contributed by atoms with E-state index < -0.39 is 0 Å². The molecule has 7 N–H and O–H groups in total. The highest BCUT2D eigenvalue weighted by atomic mass is 16.4. The van der Waals surface area contributed by atoms with Gasteiger partial charge in [0, 0.05) is 6.20 Å². The number of nitrogens with two attached hydrogens (primary N) is 3. The Bertz CT molecular complexity index is 322. The highest BCUT2D eigenvalue weighted by molar-refractivity contribution is 6.00. The van der Waals surface area contributed by atoms with Crippen molar-refractivity contribution in [2.45, 2.75) is 0 Å². The highest BCUT2D eigenvalue weighted by Gasteiger charge is 2.05. The van der Waals surface area contributed by atoms with Crippen molar-refractivity contribution in [3.63, 3.8) is 0 Å². The molecule has 0 bridgehead atoms. The first-order valence-corrected chi connectivity index (χ1v) is 3.01. The molecule has 0 unspecified atom stereocenters. The van der Waals surface area contributed by atoms with Gasteiger partial charge in [0.25, 0.3) is 0 Å². The van der Waals surface area contributed by atoms with Gasteiger partial charge in [-0.05, 0) is 0 Å². The summed E-state index contributed by atoms with van der Waals surface area (Å²) in [4.78, 5) is 7.24. The Hall–Kier alpha value is -2.05. The third kappa shape index (κ3) is 1.34. The van der Waals surface area contributed by atoms with Crippen LogP contribution in [0.25, 0.3) is 0 Å². The second-order valence-corrected chi connectivity index (χ2v) is 2.01. The fourth-order valence-corrected chi connectivity index (χ4v) is 0.661. The molecule has 64 valence electrons. The first kappa shape index (κ1) is 8.05. The number of nitrogens with zero attached hydrogens (tertiary/aromatic N) is 3. The van der Waals surface area contributed by atoms with Gasteiger partial charge in [0.15, 0.2) is 5.84 Å². The molecule has 0 aliphatic rings. The fraction of sp³-hybridized carbons (Fsp3) is 0. The van der Waals surface area contributed by atoms with Crippen molar-refractivity contribution in [3.8, 4) is 0 Å². The van der Waals surface area contributed by atoms with Crippen LogP contribution < -0.4 is 17.2 Å². The maximum atomic E-state index is 8.30. The van der Waals surface area contributed by atoms with Gasteiger partial charge in [-0.2, -0.15) is 4.98 Å². The molecule has 0 saturated heterocycles. The topological polar surface area (TPSA) is 136 Å². The molecule has 1 aromatic heterocycles. The lowest BCUT2D eigenvalue weighted by Gasteiger charge is -2.01. The van der Waals surface area contributed by atoms with Crippen LogP contribution in [0.1, 0.15) is 5.56 Å². The molecule has 0 atom stereocenters. The molecular formula is C5H8N6O. The van der Waals surface area contributed by atoms with E-state index in [2.05, 4.69) is 15.1 Å². The summed E-state index contributed by atoms with van der Waals surface area (Å²) in [6, 6.07) is 0. The zero-order valence-corrected chi connectivity index (χ0v) is 6.10. The number of hydrogen-bond acceptors (Lipinski definition) is 6. The molecule has 0 radical (unpaired) electrons. The average molecular weight is 168 g/mol. The number of anilines is 2. The summed E-state index contributed by atoms with van der Waals surface area (Å²) in [7, 11) is 0. The third-order valence-corrected chi connectivity index (χ3v) is 1.22. The van der Waals surface area contributed by atoms with Gasteiger partial charge in [0.05, 0.1) is 5.56 Å². The van der Waals surface area contributed by atoms with E-state index in [1.807, 2.05) is 0 Å². The van der Waals surface area contributed by atoms with Crippen LogP contribution in [0.3, 0.4) is 0 Å². The van der Waals surface area contributed by atoms with Crippen LogP contribution in [-0.4, -0.2) is 21.0 Å². The Labute approximate surface area is 67.9 Å². The monoisotopic (exact) mass is 168 g/mol. The first-order chi connectivity index (χ1) is 5.65. The van der Waals surface area contributed by atoms with Gasteiger partial charge in [-0.25, -0.2) is 4.98 Å². The van der Waals surface area contributed by atoms with E-state index in [1.165, 1.54) is 6.20 Å². The van der Waals surface area contributed by atoms with Crippen LogP contribution in [0.15, 0.2) is 11.4 Å². The van der Waals surface area contributed by atoms with Gasteiger partial charge in [0.2, 0.25) is 5.95 Å². The lowest BCUT2D eigenvalue weighted by Crippen LogP contribution is -2.17. The Balaban J connectivity index is 3.18. The molecular weight excluding hydrogens is 160 g/mol. The number of oxime groups is 1. The van der Waals surface area contributed by atoms with E-state index >= 15 is 0 Å². The largest absolute Gasteiger partial charge is 0.409 e. The standard InChI is InChI=1S/C5H8N6O/c6-3-2(4(7)11-12)1-9-5(8)10-3/h1,12H,(H2,7,11)(H4,6,8,9,10). The van der Waals surface area contributed by atoms with Crippen molar-refractivity contribution in [2.24, 2.45) is 10.9 Å². The number of hydrogen-bond donors (Lipinski definition) is 4. The van der Waals surface area contributed by atoms with Crippen molar-refractivity contribution in [2.75, 3.05) is 11.5 Å². The van der Waals surface area contributed by atoms with Gasteiger partial charge >= 0.3 is 0 Å². The normalized spacial score (nSPS) is 11.5. The molecule has 0 aliphatic heterocycles. The minimum Gasteiger partial charge on any atom is -0.409 e. The third-order valence-electron chi connectivity index (χ3n) is 1.22. The smallest absolute Gasteiger partial charge is 0.221 e. The maximum Gasteiger partial charge on any atom is 0.221 e. The Morgan fingerprint density at radius 1 is 1.50 bits per heavy atom. The molecule has 7 heteroatoms. The molecule has 1 rings (SSSR count). The second kappa shape index (κ2) is 2.91. The Morgan fingerprint density at radius 3 is 2.67 bits per heavy atom. The summed E-state index contributed by atoms with van der Waals surface area (Å²) in [5.74, 6) is -0.0210. The number of rotatable bonds is 1. The SMILES string of the molecule is NC(=NO)c1cnc(N)nc1N. The molecule has 0 fully saturated rings. The van der Waals surface area contributed by atoms with E-state index in [4.69, 9.17) is 22.4 Å². The van der Waals surface area contributed by atoms with Gasteiger partial charge in [-0.3, -0.25) is 0 Å². The first-order valence-electron chi connectivity index (χ1n) is 3.01. The van der Waals surface area contributed by atoms with Crippen LogP contribution in [0.5, 0.6) is 0 Å². The van der Waals surface area contributed by atoms with E-state index in [1.54, 1.807) is 0 Å². The van der Waals surface area contributed by atoms with Crippen LogP contribution in [0.4, 0.5) is 11.8 Å². The molecule has 0 saturated carbocycles. The predicted octanol–water partition coefficient (Wildman–Crippen LogP) is -1.26. The lowest BCUT2D eigenvalue weighted by molar-refractivity contribution is 0.318. The van der Waals surface area contributed by atoms with Gasteiger partial charge in [-0.15, -0.1) is 0 Å². The molecule has 0 aliphatic carbocycles. The van der Waals surface area contributed by atoms with Crippen molar-refractivity contribution >= 4 is 17.6 Å². The summed E-state index contributed by atoms with van der Waals surface area (Å²) in [6.45, 7) is 0. The zero-order chi connectivity index (χ0) is 9.14. The predicted molar refractivity (Wildman–Crippen MR) is 43.4 cm³/mol. The van der Waals surface area contributed by atoms with Gasteiger partial charge in [0.1, 0.15) is 5.82 Å². The number of aromatic nitrogens is 2. The molecule has 1 heterocycles. The van der Waals surface area contributed by atoms with Crippen LogP contribution >= 0.6 is 0 Å². The quantitative estimate of drug-likeness (QED) is 0.179. The zero-order valence-electron chi connectivity index (χ0n) is 6.10. The second-order valence-electron chi connectivity index (χ2n) is 2.01. The van der Waals surface area contributed by atoms with E-state index in [9.17, 15) is 0 Å². The highest BCUT2D eigenvalue weighted by Crippen LogP contribution is 2.06. The molecule has 0 aromatic carbocycles. The molecule has 0 spiro atoms. The van der Waals surface area contributed by atoms with Crippen molar-refractivity contribution < 1.29 is 5.21 Å². The molecule has 1 aromatic rings. The molecule has 0 amide bonds. The Kier molecular flexibility index (Phi) is 1.95. The number of nitrogen functional groups attached to an aromatic ring is 2. The van der Waals surface area contributed by atoms with E-state index in [0.717, 1.165) is 0 Å². The molecule has 12 heavy (non-hydrogen) atoms. The minimum absolute atomic E-state index is 0.0435. The van der Waals surface area contributed by atoms with Gasteiger partial charge < -0.3 is 22.4 Å². The van der Waals surface area contributed by atoms with Gasteiger partial charge in [-0.1, -0.05) is 5.16 Å². The maximum absolute atomic E-state index is 8.30. The summed E-state index contributed by atoms with van der Waals surface area (Å²) < 4.78 is 0. The average Bonchev–Trinajstić information content (AvgIpc) is 2.03. The van der Waals surface area contributed by atoms with E-state index in [0.29, 0.717) is 0 Å².